The van der Waals surface area contributed by atoms with Crippen LogP contribution in [0.5, 0.6) is 5.75 Å². The van der Waals surface area contributed by atoms with Crippen LogP contribution in [0.1, 0.15) is 12.1 Å². The number of aromatic amines is 1. The van der Waals surface area contributed by atoms with E-state index in [-0.39, 0.29) is 0 Å². The van der Waals surface area contributed by atoms with E-state index in [1.165, 1.54) is 12.1 Å². The highest BCUT2D eigenvalue weighted by atomic mass is 16.5. The number of ether oxygens (including phenoxy) is 1. The summed E-state index contributed by atoms with van der Waals surface area (Å²) in [6, 6.07) is 12.4. The quantitative estimate of drug-likeness (QED) is 0.539. The minimum atomic E-state index is 0.854. The van der Waals surface area contributed by atoms with Crippen molar-refractivity contribution in [1.29, 1.82) is 0 Å². The largest absolute Gasteiger partial charge is 0.497 e. The summed E-state index contributed by atoms with van der Waals surface area (Å²) in [5, 5.41) is 7.02. The average molecular weight is 417 g/mol. The minimum Gasteiger partial charge on any atom is -0.497 e. The van der Waals surface area contributed by atoms with Gasteiger partial charge in [-0.3, -0.25) is 10.00 Å². The van der Waals surface area contributed by atoms with Crippen LogP contribution in [0, 0.1) is 0 Å². The lowest BCUT2D eigenvalue weighted by Crippen LogP contribution is -2.29. The molecule has 1 aromatic carbocycles. The van der Waals surface area contributed by atoms with Gasteiger partial charge in [0.25, 0.3) is 0 Å². The first-order chi connectivity index (χ1) is 15.2. The van der Waals surface area contributed by atoms with Crippen LogP contribution in [-0.2, 0) is 6.54 Å². The first-order valence-corrected chi connectivity index (χ1v) is 10.8. The highest BCUT2D eigenvalue weighted by molar-refractivity contribution is 5.70. The number of imidazole rings is 1. The molecule has 1 saturated heterocycles. The molecule has 0 saturated carbocycles. The first kappa shape index (κ1) is 19.8. The van der Waals surface area contributed by atoms with Crippen LogP contribution in [0.25, 0.3) is 28.0 Å². The van der Waals surface area contributed by atoms with Gasteiger partial charge in [-0.1, -0.05) is 0 Å². The molecule has 5 rings (SSSR count). The van der Waals surface area contributed by atoms with Crippen molar-refractivity contribution in [2.75, 3.05) is 40.3 Å². The van der Waals surface area contributed by atoms with E-state index in [0.717, 1.165) is 66.5 Å². The van der Waals surface area contributed by atoms with Gasteiger partial charge in [-0.25, -0.2) is 4.98 Å². The van der Waals surface area contributed by atoms with Crippen LogP contribution < -0.4 is 4.74 Å². The van der Waals surface area contributed by atoms with Gasteiger partial charge >= 0.3 is 0 Å². The number of benzene rings is 1. The lowest BCUT2D eigenvalue weighted by molar-refractivity contribution is 0.266. The number of methoxy groups -OCH3 is 1. The molecule has 1 aliphatic rings. The first-order valence-electron chi connectivity index (χ1n) is 10.8. The number of aromatic nitrogens is 4. The second kappa shape index (κ2) is 8.53. The zero-order chi connectivity index (χ0) is 21.2. The SMILES string of the molecule is COc1ccc(-c2nc3ccc(-c4cn[nH]c4)cn3c2CN2CCCN(C)CC2)cc1. The Kier molecular flexibility index (Phi) is 5.44. The van der Waals surface area contributed by atoms with Gasteiger partial charge in [-0.05, 0) is 63.0 Å². The second-order valence-electron chi connectivity index (χ2n) is 8.20. The molecule has 0 aliphatic carbocycles. The molecule has 160 valence electrons. The molecule has 31 heavy (non-hydrogen) atoms. The Morgan fingerprint density at radius 2 is 1.81 bits per heavy atom. The fourth-order valence-electron chi connectivity index (χ4n) is 4.27. The zero-order valence-corrected chi connectivity index (χ0v) is 18.1. The van der Waals surface area contributed by atoms with Crippen molar-refractivity contribution in [3.8, 4) is 28.1 Å². The van der Waals surface area contributed by atoms with Crippen molar-refractivity contribution in [3.63, 3.8) is 0 Å². The zero-order valence-electron chi connectivity index (χ0n) is 18.1. The molecule has 4 aromatic rings. The predicted octanol–water partition coefficient (Wildman–Crippen LogP) is 3.54. The van der Waals surface area contributed by atoms with Gasteiger partial charge in [0, 0.05) is 48.7 Å². The molecule has 0 atom stereocenters. The Balaban J connectivity index is 1.59. The van der Waals surface area contributed by atoms with Gasteiger partial charge in [-0.2, -0.15) is 5.10 Å². The number of rotatable bonds is 5. The Bertz CT molecular complexity index is 1150. The molecule has 7 nitrogen and oxygen atoms in total. The molecule has 3 aromatic heterocycles. The van der Waals surface area contributed by atoms with Crippen LogP contribution in [0.3, 0.4) is 0 Å². The summed E-state index contributed by atoms with van der Waals surface area (Å²) in [6.45, 7) is 5.27. The van der Waals surface area contributed by atoms with Crippen molar-refractivity contribution in [3.05, 3.63) is 60.7 Å². The summed E-state index contributed by atoms with van der Waals surface area (Å²) < 4.78 is 7.60. The molecule has 0 amide bonds. The maximum Gasteiger partial charge on any atom is 0.137 e. The molecular formula is C24H28N6O. The van der Waals surface area contributed by atoms with Gasteiger partial charge in [0.2, 0.25) is 0 Å². The Hall–Kier alpha value is -3.16. The summed E-state index contributed by atoms with van der Waals surface area (Å²) >= 11 is 0. The Labute approximate surface area is 182 Å². The van der Waals surface area contributed by atoms with Crippen molar-refractivity contribution < 1.29 is 4.74 Å². The number of fused-ring (bicyclic) bond motifs is 1. The molecule has 0 bridgehead atoms. The fourth-order valence-corrected chi connectivity index (χ4v) is 4.27. The van der Waals surface area contributed by atoms with Crippen molar-refractivity contribution >= 4 is 5.65 Å². The number of likely N-dealkylation sites (N-methyl/N-ethyl adjacent to an activating group) is 1. The molecule has 0 spiro atoms. The highest BCUT2D eigenvalue weighted by Gasteiger charge is 2.20. The molecule has 7 heteroatoms. The molecule has 1 aliphatic heterocycles. The molecule has 0 radical (unpaired) electrons. The van der Waals surface area contributed by atoms with E-state index in [9.17, 15) is 0 Å². The lowest BCUT2D eigenvalue weighted by atomic mass is 10.1. The Morgan fingerprint density at radius 3 is 2.58 bits per heavy atom. The predicted molar refractivity (Wildman–Crippen MR) is 122 cm³/mol. The summed E-state index contributed by atoms with van der Waals surface area (Å²) in [4.78, 5) is 9.99. The average Bonchev–Trinajstić information content (AvgIpc) is 3.40. The summed E-state index contributed by atoms with van der Waals surface area (Å²) in [6.07, 6.45) is 7.14. The molecule has 1 fully saturated rings. The van der Waals surface area contributed by atoms with E-state index in [1.54, 1.807) is 7.11 Å². The summed E-state index contributed by atoms with van der Waals surface area (Å²) in [7, 11) is 3.90. The van der Waals surface area contributed by atoms with Crippen molar-refractivity contribution in [2.24, 2.45) is 0 Å². The summed E-state index contributed by atoms with van der Waals surface area (Å²) in [5.41, 5.74) is 6.51. The number of H-pyrrole nitrogens is 1. The van der Waals surface area contributed by atoms with Crippen LogP contribution in [0.2, 0.25) is 0 Å². The minimum absolute atomic E-state index is 0.854. The number of nitrogens with one attached hydrogen (secondary N) is 1. The van der Waals surface area contributed by atoms with Crippen LogP contribution in [0.15, 0.2) is 55.0 Å². The second-order valence-corrected chi connectivity index (χ2v) is 8.20. The number of pyridine rings is 1. The highest BCUT2D eigenvalue weighted by Crippen LogP contribution is 2.29. The smallest absolute Gasteiger partial charge is 0.137 e. The third-order valence-corrected chi connectivity index (χ3v) is 6.10. The van der Waals surface area contributed by atoms with E-state index in [2.05, 4.69) is 61.9 Å². The van der Waals surface area contributed by atoms with E-state index in [1.807, 2.05) is 24.5 Å². The van der Waals surface area contributed by atoms with Gasteiger partial charge in [0.05, 0.1) is 24.7 Å². The summed E-state index contributed by atoms with van der Waals surface area (Å²) in [5.74, 6) is 0.854. The van der Waals surface area contributed by atoms with E-state index < -0.39 is 0 Å². The van der Waals surface area contributed by atoms with E-state index in [0.29, 0.717) is 0 Å². The topological polar surface area (TPSA) is 61.7 Å². The van der Waals surface area contributed by atoms with Crippen LogP contribution >= 0.6 is 0 Å². The van der Waals surface area contributed by atoms with Gasteiger partial charge in [-0.15, -0.1) is 0 Å². The maximum absolute atomic E-state index is 5.35. The van der Waals surface area contributed by atoms with Crippen molar-refractivity contribution in [2.45, 2.75) is 13.0 Å². The monoisotopic (exact) mass is 416 g/mol. The normalized spacial score (nSPS) is 15.9. The number of hydrogen-bond acceptors (Lipinski definition) is 5. The molecule has 1 N–H and O–H groups in total. The maximum atomic E-state index is 5.35. The fraction of sp³-hybridized carbons (Fsp3) is 0.333. The third kappa shape index (κ3) is 4.06. The van der Waals surface area contributed by atoms with Gasteiger partial charge < -0.3 is 14.0 Å². The van der Waals surface area contributed by atoms with Crippen LogP contribution in [0.4, 0.5) is 0 Å². The molecule has 0 unspecified atom stereocenters. The number of hydrogen-bond donors (Lipinski definition) is 1. The molecular weight excluding hydrogens is 388 g/mol. The standard InChI is InChI=1S/C24H28N6O/c1-28-10-3-11-29(13-12-28)17-22-24(18-4-7-21(31-2)8-5-18)27-23-9-6-19(16-30(22)23)20-14-25-26-15-20/h4-9,14-16H,3,10-13,17H2,1-2H3,(H,25,26). The van der Waals surface area contributed by atoms with E-state index in [4.69, 9.17) is 9.72 Å². The van der Waals surface area contributed by atoms with Crippen LogP contribution in [-0.4, -0.2) is 69.7 Å². The van der Waals surface area contributed by atoms with Gasteiger partial charge in [0.1, 0.15) is 11.4 Å². The van der Waals surface area contributed by atoms with Crippen molar-refractivity contribution in [1.82, 2.24) is 29.4 Å². The lowest BCUT2D eigenvalue weighted by Gasteiger charge is -2.20. The number of nitrogens with zero attached hydrogens (tertiary/aromatic N) is 5. The van der Waals surface area contributed by atoms with Gasteiger partial charge in [0.15, 0.2) is 0 Å². The third-order valence-electron chi connectivity index (χ3n) is 6.10. The van der Waals surface area contributed by atoms with E-state index >= 15 is 0 Å². The Morgan fingerprint density at radius 1 is 0.968 bits per heavy atom. The molecule has 4 heterocycles.